The Bertz CT molecular complexity index is 278. The molecular formula is C8H13N3O. The smallest absolute Gasteiger partial charge is 0.197 e. The lowest BCUT2D eigenvalue weighted by atomic mass is 10.2. The zero-order chi connectivity index (χ0) is 9.14. The van der Waals surface area contributed by atoms with Crippen molar-refractivity contribution in [3.05, 3.63) is 18.0 Å². The maximum Gasteiger partial charge on any atom is 0.197 e. The van der Waals surface area contributed by atoms with Gasteiger partial charge in [-0.15, -0.1) is 0 Å². The van der Waals surface area contributed by atoms with Gasteiger partial charge in [0.15, 0.2) is 5.78 Å². The van der Waals surface area contributed by atoms with Crippen LogP contribution < -0.4 is 5.73 Å². The summed E-state index contributed by atoms with van der Waals surface area (Å²) in [6, 6.07) is 1.24. The van der Waals surface area contributed by atoms with Gasteiger partial charge >= 0.3 is 0 Å². The summed E-state index contributed by atoms with van der Waals surface area (Å²) in [6.07, 6.45) is 1.61. The molecule has 4 heteroatoms. The van der Waals surface area contributed by atoms with E-state index in [-0.39, 0.29) is 5.78 Å². The number of hydrogen-bond donors (Lipinski definition) is 1. The summed E-state index contributed by atoms with van der Waals surface area (Å²) in [6.45, 7) is 4.31. The van der Waals surface area contributed by atoms with Gasteiger partial charge in [-0.2, -0.15) is 5.10 Å². The second kappa shape index (κ2) is 3.49. The van der Waals surface area contributed by atoms with Crippen molar-refractivity contribution < 1.29 is 4.79 Å². The Morgan fingerprint density at radius 1 is 1.83 bits per heavy atom. The highest BCUT2D eigenvalue weighted by Gasteiger charge is 2.14. The molecule has 1 rings (SSSR count). The molecule has 0 aliphatic heterocycles. The van der Waals surface area contributed by atoms with E-state index >= 15 is 0 Å². The first-order chi connectivity index (χ1) is 5.66. The van der Waals surface area contributed by atoms with Gasteiger partial charge in [-0.3, -0.25) is 9.48 Å². The molecule has 0 spiro atoms. The summed E-state index contributed by atoms with van der Waals surface area (Å²) in [7, 11) is 0. The Hall–Kier alpha value is -1.16. The molecule has 66 valence electrons. The molecule has 1 aromatic rings. The quantitative estimate of drug-likeness (QED) is 0.664. The van der Waals surface area contributed by atoms with Crippen LogP contribution in [0.15, 0.2) is 12.3 Å². The van der Waals surface area contributed by atoms with Gasteiger partial charge in [0.25, 0.3) is 0 Å². The topological polar surface area (TPSA) is 60.9 Å². The predicted octanol–water partition coefficient (Wildman–Crippen LogP) is 0.433. The van der Waals surface area contributed by atoms with E-state index < -0.39 is 6.04 Å². The number of aryl methyl sites for hydroxylation is 1. The summed E-state index contributed by atoms with van der Waals surface area (Å²) in [4.78, 5) is 11.4. The van der Waals surface area contributed by atoms with Crippen LogP contribution in [0.1, 0.15) is 24.3 Å². The van der Waals surface area contributed by atoms with Gasteiger partial charge in [-0.25, -0.2) is 0 Å². The minimum Gasteiger partial charge on any atom is -0.321 e. The predicted molar refractivity (Wildman–Crippen MR) is 45.9 cm³/mol. The number of carbonyl (C=O) groups is 1. The van der Waals surface area contributed by atoms with Crippen LogP contribution >= 0.6 is 0 Å². The fourth-order valence-corrected chi connectivity index (χ4v) is 1.03. The van der Waals surface area contributed by atoms with E-state index in [1.165, 1.54) is 0 Å². The third-order valence-corrected chi connectivity index (χ3v) is 1.68. The second-order valence-electron chi connectivity index (χ2n) is 2.69. The number of ketones is 1. The van der Waals surface area contributed by atoms with Gasteiger partial charge in [0.05, 0.1) is 6.04 Å². The molecule has 1 aromatic heterocycles. The molecule has 0 bridgehead atoms. The lowest BCUT2D eigenvalue weighted by molar-refractivity contribution is 0.0957. The van der Waals surface area contributed by atoms with E-state index in [0.29, 0.717) is 12.2 Å². The SMILES string of the molecule is CCn1nccc1C(=O)C(C)N. The fraction of sp³-hybridized carbons (Fsp3) is 0.500. The lowest BCUT2D eigenvalue weighted by Gasteiger charge is -2.05. The van der Waals surface area contributed by atoms with E-state index in [0.717, 1.165) is 0 Å². The van der Waals surface area contributed by atoms with Crippen LogP contribution in [0.5, 0.6) is 0 Å². The number of nitrogens with two attached hydrogens (primary N) is 1. The Labute approximate surface area is 71.4 Å². The van der Waals surface area contributed by atoms with Crippen molar-refractivity contribution in [3.8, 4) is 0 Å². The first-order valence-corrected chi connectivity index (χ1v) is 3.98. The van der Waals surface area contributed by atoms with Crippen molar-refractivity contribution in [2.75, 3.05) is 0 Å². The minimum absolute atomic E-state index is 0.0608. The van der Waals surface area contributed by atoms with Crippen LogP contribution in [0.2, 0.25) is 0 Å². The average molecular weight is 167 g/mol. The zero-order valence-corrected chi connectivity index (χ0v) is 7.32. The highest BCUT2D eigenvalue weighted by atomic mass is 16.1. The number of aromatic nitrogens is 2. The van der Waals surface area contributed by atoms with Gasteiger partial charge < -0.3 is 5.73 Å². The Morgan fingerprint density at radius 3 is 3.00 bits per heavy atom. The molecule has 12 heavy (non-hydrogen) atoms. The average Bonchev–Trinajstić information content (AvgIpc) is 2.49. The zero-order valence-electron chi connectivity index (χ0n) is 7.32. The van der Waals surface area contributed by atoms with Gasteiger partial charge in [-0.1, -0.05) is 0 Å². The Balaban J connectivity index is 2.94. The Kier molecular flexibility index (Phi) is 2.60. The first kappa shape index (κ1) is 8.93. The van der Waals surface area contributed by atoms with Crippen molar-refractivity contribution >= 4 is 5.78 Å². The third kappa shape index (κ3) is 1.53. The molecule has 1 heterocycles. The van der Waals surface area contributed by atoms with E-state index in [1.807, 2.05) is 6.92 Å². The number of carbonyl (C=O) groups excluding carboxylic acids is 1. The number of nitrogens with zero attached hydrogens (tertiary/aromatic N) is 2. The fourth-order valence-electron chi connectivity index (χ4n) is 1.03. The van der Waals surface area contributed by atoms with Crippen LogP contribution in [0.4, 0.5) is 0 Å². The molecule has 0 aliphatic carbocycles. The molecular weight excluding hydrogens is 154 g/mol. The van der Waals surface area contributed by atoms with Crippen LogP contribution in [-0.4, -0.2) is 21.6 Å². The number of rotatable bonds is 3. The second-order valence-corrected chi connectivity index (χ2v) is 2.69. The van der Waals surface area contributed by atoms with Gasteiger partial charge in [-0.05, 0) is 19.9 Å². The monoisotopic (exact) mass is 167 g/mol. The lowest BCUT2D eigenvalue weighted by Crippen LogP contribution is -2.28. The molecule has 0 saturated heterocycles. The van der Waals surface area contributed by atoms with Crippen molar-refractivity contribution in [2.45, 2.75) is 26.4 Å². The normalized spacial score (nSPS) is 12.9. The van der Waals surface area contributed by atoms with Crippen molar-refractivity contribution in [3.63, 3.8) is 0 Å². The molecule has 0 aliphatic rings. The molecule has 1 unspecified atom stereocenters. The summed E-state index contributed by atoms with van der Waals surface area (Å²) in [5.41, 5.74) is 6.05. The molecule has 0 amide bonds. The van der Waals surface area contributed by atoms with E-state index in [4.69, 9.17) is 5.73 Å². The van der Waals surface area contributed by atoms with Gasteiger partial charge in [0, 0.05) is 12.7 Å². The molecule has 0 fully saturated rings. The Morgan fingerprint density at radius 2 is 2.50 bits per heavy atom. The molecule has 0 radical (unpaired) electrons. The van der Waals surface area contributed by atoms with Crippen molar-refractivity contribution in [2.24, 2.45) is 5.73 Å². The summed E-state index contributed by atoms with van der Waals surface area (Å²) in [5, 5.41) is 3.98. The molecule has 2 N–H and O–H groups in total. The van der Waals surface area contributed by atoms with E-state index in [1.54, 1.807) is 23.9 Å². The van der Waals surface area contributed by atoms with Crippen molar-refractivity contribution in [1.82, 2.24) is 9.78 Å². The van der Waals surface area contributed by atoms with Crippen LogP contribution in [0.3, 0.4) is 0 Å². The van der Waals surface area contributed by atoms with Crippen LogP contribution in [0, 0.1) is 0 Å². The van der Waals surface area contributed by atoms with E-state index in [2.05, 4.69) is 5.10 Å². The maximum atomic E-state index is 11.4. The first-order valence-electron chi connectivity index (χ1n) is 3.98. The summed E-state index contributed by atoms with van der Waals surface area (Å²) >= 11 is 0. The van der Waals surface area contributed by atoms with Crippen LogP contribution in [-0.2, 0) is 6.54 Å². The van der Waals surface area contributed by atoms with Gasteiger partial charge in [0.2, 0.25) is 0 Å². The highest BCUT2D eigenvalue weighted by molar-refractivity contribution is 5.98. The maximum absolute atomic E-state index is 11.4. The minimum atomic E-state index is -0.452. The molecule has 1 atom stereocenters. The van der Waals surface area contributed by atoms with Gasteiger partial charge in [0.1, 0.15) is 5.69 Å². The molecule has 0 aromatic carbocycles. The number of Topliss-reactive ketones (excluding diaryl/α,β-unsaturated/α-hetero) is 1. The standard InChI is InChI=1S/C8H13N3O/c1-3-11-7(4-5-10-11)8(12)6(2)9/h4-6H,3,9H2,1-2H3. The molecule has 4 nitrogen and oxygen atoms in total. The van der Waals surface area contributed by atoms with E-state index in [9.17, 15) is 4.79 Å². The number of hydrogen-bond acceptors (Lipinski definition) is 3. The molecule has 0 saturated carbocycles. The highest BCUT2D eigenvalue weighted by Crippen LogP contribution is 2.01. The third-order valence-electron chi connectivity index (χ3n) is 1.68. The van der Waals surface area contributed by atoms with Crippen molar-refractivity contribution in [1.29, 1.82) is 0 Å². The largest absolute Gasteiger partial charge is 0.321 e. The summed E-state index contributed by atoms with van der Waals surface area (Å²) < 4.78 is 1.64. The summed E-state index contributed by atoms with van der Waals surface area (Å²) in [5.74, 6) is -0.0608. The van der Waals surface area contributed by atoms with Crippen LogP contribution in [0.25, 0.3) is 0 Å².